The highest BCUT2D eigenvalue weighted by atomic mass is 35.5. The second-order valence-electron chi connectivity index (χ2n) is 9.99. The van der Waals surface area contributed by atoms with Crippen molar-refractivity contribution in [3.63, 3.8) is 0 Å². The zero-order chi connectivity index (χ0) is 27.7. The topological polar surface area (TPSA) is 77.2 Å². The number of benzene rings is 3. The number of hydrogen-bond acceptors (Lipinski definition) is 6. The van der Waals surface area contributed by atoms with Gasteiger partial charge in [-0.1, -0.05) is 23.7 Å². The normalized spacial score (nSPS) is 15.3. The van der Waals surface area contributed by atoms with E-state index in [4.69, 9.17) is 16.3 Å². The molecule has 5 rings (SSSR count). The van der Waals surface area contributed by atoms with Crippen LogP contribution in [0.3, 0.4) is 0 Å². The van der Waals surface area contributed by atoms with Gasteiger partial charge in [0.2, 0.25) is 5.91 Å². The van der Waals surface area contributed by atoms with E-state index in [9.17, 15) is 9.59 Å². The molecule has 0 bridgehead atoms. The molecule has 39 heavy (non-hydrogen) atoms. The maximum Gasteiger partial charge on any atom is 0.258 e. The molecule has 0 fully saturated rings. The number of ether oxygens (including phenoxy) is 1. The first-order valence-corrected chi connectivity index (χ1v) is 13.2. The van der Waals surface area contributed by atoms with Crippen LogP contribution < -0.4 is 25.2 Å². The highest BCUT2D eigenvalue weighted by molar-refractivity contribution is 6.38. The predicted octanol–water partition coefficient (Wildman–Crippen LogP) is 5.02. The van der Waals surface area contributed by atoms with E-state index in [0.29, 0.717) is 35.1 Å². The lowest BCUT2D eigenvalue weighted by atomic mass is 9.99. The molecule has 0 radical (unpaired) electrons. The smallest absolute Gasteiger partial charge is 0.258 e. The Morgan fingerprint density at radius 2 is 1.85 bits per heavy atom. The summed E-state index contributed by atoms with van der Waals surface area (Å²) in [7, 11) is 6.00. The van der Waals surface area contributed by atoms with Crippen molar-refractivity contribution in [1.29, 1.82) is 0 Å². The van der Waals surface area contributed by atoms with Crippen molar-refractivity contribution in [1.82, 2.24) is 4.90 Å². The third-order valence-corrected chi connectivity index (χ3v) is 7.15. The van der Waals surface area contributed by atoms with Crippen molar-refractivity contribution >= 4 is 57.4 Å². The number of anilines is 4. The quantitative estimate of drug-likeness (QED) is 0.406. The number of likely N-dealkylation sites (N-methyl/N-ethyl adjacent to an activating group) is 2. The summed E-state index contributed by atoms with van der Waals surface area (Å²) in [5.41, 5.74) is 6.02. The maximum absolute atomic E-state index is 13.3. The lowest BCUT2D eigenvalue weighted by Gasteiger charge is -2.28. The standard InChI is InChI=1S/C30H32ClN5O3/c1-19(37)36(14-13-34(2)3)23-9-7-22(8-10-23)32-29(20-5-12-26-27(17-20)39-16-15-35(26)4)28-24-11-6-21(31)18-25(24)33-30(28)38/h5-12,17-18,32H,13-16H2,1-4H3,(H,33,38). The third-order valence-electron chi connectivity index (χ3n) is 6.92. The average Bonchev–Trinajstić information content (AvgIpc) is 3.22. The van der Waals surface area contributed by atoms with Crippen LogP contribution in [0.25, 0.3) is 11.3 Å². The number of amides is 2. The molecule has 0 atom stereocenters. The number of carbonyl (C=O) groups is 2. The van der Waals surface area contributed by atoms with Gasteiger partial charge in [0, 0.05) is 54.6 Å². The summed E-state index contributed by atoms with van der Waals surface area (Å²) in [4.78, 5) is 31.6. The molecule has 8 nitrogen and oxygen atoms in total. The van der Waals surface area contributed by atoms with Gasteiger partial charge in [0.1, 0.15) is 12.4 Å². The van der Waals surface area contributed by atoms with Crippen molar-refractivity contribution < 1.29 is 14.3 Å². The highest BCUT2D eigenvalue weighted by Crippen LogP contribution is 2.41. The maximum atomic E-state index is 13.3. The third kappa shape index (κ3) is 5.57. The average molecular weight is 546 g/mol. The molecule has 0 saturated heterocycles. The molecule has 0 aliphatic carbocycles. The molecule has 3 aromatic carbocycles. The van der Waals surface area contributed by atoms with Crippen LogP contribution in [-0.2, 0) is 9.59 Å². The van der Waals surface area contributed by atoms with Crippen molar-refractivity contribution in [2.75, 3.05) is 67.8 Å². The van der Waals surface area contributed by atoms with Crippen LogP contribution in [0.2, 0.25) is 5.02 Å². The Balaban J connectivity index is 1.55. The van der Waals surface area contributed by atoms with Crippen molar-refractivity contribution in [2.24, 2.45) is 0 Å². The Morgan fingerprint density at radius 3 is 2.56 bits per heavy atom. The van der Waals surface area contributed by atoms with Gasteiger partial charge in [0.25, 0.3) is 5.91 Å². The fourth-order valence-electron chi connectivity index (χ4n) is 4.82. The molecule has 2 N–H and O–H groups in total. The Bertz CT molecular complexity index is 1450. The van der Waals surface area contributed by atoms with E-state index in [1.54, 1.807) is 24.0 Å². The van der Waals surface area contributed by atoms with Crippen molar-refractivity contribution in [2.45, 2.75) is 6.92 Å². The van der Waals surface area contributed by atoms with Gasteiger partial charge < -0.3 is 30.1 Å². The fraction of sp³-hybridized carbons (Fsp3) is 0.267. The zero-order valence-corrected chi connectivity index (χ0v) is 23.3. The largest absolute Gasteiger partial charge is 0.490 e. The number of hydrogen-bond donors (Lipinski definition) is 2. The van der Waals surface area contributed by atoms with E-state index in [-0.39, 0.29) is 11.8 Å². The molecule has 202 valence electrons. The lowest BCUT2D eigenvalue weighted by molar-refractivity contribution is -0.116. The van der Waals surface area contributed by atoms with Gasteiger partial charge in [-0.05, 0) is 62.6 Å². The second kappa shape index (κ2) is 11.0. The van der Waals surface area contributed by atoms with Gasteiger partial charge in [0.05, 0.1) is 29.2 Å². The molecular formula is C30H32ClN5O3. The number of halogens is 1. The van der Waals surface area contributed by atoms with Crippen LogP contribution in [0.4, 0.5) is 22.7 Å². The summed E-state index contributed by atoms with van der Waals surface area (Å²) in [5.74, 6) is 0.537. The number of carbonyl (C=O) groups excluding carboxylic acids is 2. The van der Waals surface area contributed by atoms with Gasteiger partial charge in [-0.25, -0.2) is 0 Å². The Kier molecular flexibility index (Phi) is 7.50. The molecule has 9 heteroatoms. The van der Waals surface area contributed by atoms with Crippen LogP contribution in [0.15, 0.2) is 60.7 Å². The minimum atomic E-state index is -0.214. The van der Waals surface area contributed by atoms with E-state index in [0.717, 1.165) is 47.0 Å². The number of nitrogens with zero attached hydrogens (tertiary/aromatic N) is 3. The minimum Gasteiger partial charge on any atom is -0.490 e. The summed E-state index contributed by atoms with van der Waals surface area (Å²) in [5, 5.41) is 6.99. The van der Waals surface area contributed by atoms with E-state index >= 15 is 0 Å². The zero-order valence-electron chi connectivity index (χ0n) is 22.5. The molecule has 0 aromatic heterocycles. The van der Waals surface area contributed by atoms with Crippen LogP contribution in [0.1, 0.15) is 18.1 Å². The molecule has 0 unspecified atom stereocenters. The van der Waals surface area contributed by atoms with Crippen molar-refractivity contribution in [3.8, 4) is 5.75 Å². The van der Waals surface area contributed by atoms with Crippen LogP contribution in [-0.4, -0.2) is 64.1 Å². The number of rotatable bonds is 7. The van der Waals surface area contributed by atoms with Gasteiger partial charge in [-0.15, -0.1) is 0 Å². The molecule has 0 saturated carbocycles. The number of fused-ring (bicyclic) bond motifs is 2. The van der Waals surface area contributed by atoms with E-state index in [1.807, 2.05) is 74.6 Å². The minimum absolute atomic E-state index is 0.0164. The Hall–Kier alpha value is -4.01. The Morgan fingerprint density at radius 1 is 1.08 bits per heavy atom. The van der Waals surface area contributed by atoms with Crippen LogP contribution in [0, 0.1) is 0 Å². The summed E-state index contributed by atoms with van der Waals surface area (Å²) in [6.07, 6.45) is 0. The predicted molar refractivity (Wildman–Crippen MR) is 159 cm³/mol. The van der Waals surface area contributed by atoms with Gasteiger partial charge in [-0.2, -0.15) is 0 Å². The monoisotopic (exact) mass is 545 g/mol. The van der Waals surface area contributed by atoms with E-state index in [1.165, 1.54) is 0 Å². The van der Waals surface area contributed by atoms with Gasteiger partial charge in [0.15, 0.2) is 0 Å². The summed E-state index contributed by atoms with van der Waals surface area (Å²) in [6.45, 7) is 4.32. The SMILES string of the molecule is CC(=O)N(CCN(C)C)c1ccc(NC(=C2C(=O)Nc3cc(Cl)ccc32)c2ccc3c(c2)OCCN3C)cc1. The van der Waals surface area contributed by atoms with Crippen LogP contribution >= 0.6 is 11.6 Å². The molecule has 3 aromatic rings. The lowest BCUT2D eigenvalue weighted by Crippen LogP contribution is -2.35. The summed E-state index contributed by atoms with van der Waals surface area (Å²) in [6, 6.07) is 19.0. The molecule has 0 spiro atoms. The molecule has 2 heterocycles. The van der Waals surface area contributed by atoms with E-state index in [2.05, 4.69) is 15.5 Å². The summed E-state index contributed by atoms with van der Waals surface area (Å²) < 4.78 is 5.96. The second-order valence-corrected chi connectivity index (χ2v) is 10.4. The van der Waals surface area contributed by atoms with Crippen LogP contribution in [0.5, 0.6) is 5.75 Å². The fourth-order valence-corrected chi connectivity index (χ4v) is 5.00. The number of nitrogens with one attached hydrogen (secondary N) is 2. The van der Waals surface area contributed by atoms with Gasteiger partial charge >= 0.3 is 0 Å². The van der Waals surface area contributed by atoms with E-state index < -0.39 is 0 Å². The Labute approximate surface area is 233 Å². The highest BCUT2D eigenvalue weighted by Gasteiger charge is 2.29. The molecule has 2 aliphatic heterocycles. The van der Waals surface area contributed by atoms with Crippen molar-refractivity contribution in [3.05, 3.63) is 76.8 Å². The summed E-state index contributed by atoms with van der Waals surface area (Å²) >= 11 is 6.21. The molecular weight excluding hydrogens is 514 g/mol. The van der Waals surface area contributed by atoms with Gasteiger partial charge in [-0.3, -0.25) is 9.59 Å². The first-order valence-electron chi connectivity index (χ1n) is 12.8. The first-order chi connectivity index (χ1) is 18.7. The molecule has 2 amide bonds. The molecule has 2 aliphatic rings. The first kappa shape index (κ1) is 26.6.